The third-order valence-corrected chi connectivity index (χ3v) is 7.94. The van der Waals surface area contributed by atoms with Gasteiger partial charge in [-0.2, -0.15) is 0 Å². The molecule has 2 aliphatic rings. The molecular formula is C25H32BrF2NO. The number of quaternary nitrogens is 1. The van der Waals surface area contributed by atoms with Gasteiger partial charge < -0.3 is 26.6 Å². The molecule has 164 valence electrons. The van der Waals surface area contributed by atoms with E-state index >= 15 is 0 Å². The lowest BCUT2D eigenvalue weighted by atomic mass is 9.73. The van der Waals surface area contributed by atoms with E-state index in [0.29, 0.717) is 46.7 Å². The van der Waals surface area contributed by atoms with Gasteiger partial charge in [-0.25, -0.2) is 8.78 Å². The molecule has 2 aromatic rings. The number of nitrogens with zero attached hydrogens (tertiary/aromatic N) is 1. The second kappa shape index (κ2) is 8.33. The Kier molecular flexibility index (Phi) is 6.48. The van der Waals surface area contributed by atoms with E-state index in [1.54, 1.807) is 38.1 Å². The number of aliphatic hydroxyl groups is 1. The summed E-state index contributed by atoms with van der Waals surface area (Å²) >= 11 is 0. The highest BCUT2D eigenvalue weighted by Crippen LogP contribution is 2.48. The SMILES string of the molecule is Cc1c(F)cccc1C(O)(CC1C[C@@H]2CC[C@@H](C1)[N+]2(C)C)c1cccc(F)c1C.[Br-]. The summed E-state index contributed by atoms with van der Waals surface area (Å²) in [7, 11) is 4.64. The molecule has 30 heavy (non-hydrogen) atoms. The zero-order valence-electron chi connectivity index (χ0n) is 18.3. The van der Waals surface area contributed by atoms with Crippen LogP contribution in [0.5, 0.6) is 0 Å². The Hall–Kier alpha value is -1.30. The Bertz CT molecular complexity index is 862. The number of hydrogen-bond acceptors (Lipinski definition) is 1. The predicted molar refractivity (Wildman–Crippen MR) is 112 cm³/mol. The first kappa shape index (κ1) is 23.4. The quantitative estimate of drug-likeness (QED) is 0.666. The van der Waals surface area contributed by atoms with Crippen molar-refractivity contribution in [2.75, 3.05) is 14.1 Å². The van der Waals surface area contributed by atoms with Crippen molar-refractivity contribution in [1.82, 2.24) is 0 Å². The highest BCUT2D eigenvalue weighted by atomic mass is 79.9. The van der Waals surface area contributed by atoms with E-state index in [0.717, 1.165) is 17.3 Å². The van der Waals surface area contributed by atoms with Crippen LogP contribution in [0.4, 0.5) is 8.78 Å². The topological polar surface area (TPSA) is 20.2 Å². The van der Waals surface area contributed by atoms with Crippen LogP contribution in [0.1, 0.15) is 54.4 Å². The van der Waals surface area contributed by atoms with E-state index in [4.69, 9.17) is 0 Å². The van der Waals surface area contributed by atoms with E-state index in [2.05, 4.69) is 14.1 Å². The minimum absolute atomic E-state index is 0. The zero-order chi connectivity index (χ0) is 21.0. The van der Waals surface area contributed by atoms with Crippen LogP contribution in [0.15, 0.2) is 36.4 Å². The third kappa shape index (κ3) is 3.74. The Morgan fingerprint density at radius 3 is 1.77 bits per heavy atom. The summed E-state index contributed by atoms with van der Waals surface area (Å²) in [5, 5.41) is 12.1. The summed E-state index contributed by atoms with van der Waals surface area (Å²) < 4.78 is 29.9. The summed E-state index contributed by atoms with van der Waals surface area (Å²) in [5.74, 6) is -0.345. The second-order valence-corrected chi connectivity index (χ2v) is 9.74. The molecule has 0 radical (unpaired) electrons. The molecule has 2 heterocycles. The van der Waals surface area contributed by atoms with Crippen molar-refractivity contribution >= 4 is 0 Å². The van der Waals surface area contributed by atoms with Gasteiger partial charge in [0.2, 0.25) is 0 Å². The second-order valence-electron chi connectivity index (χ2n) is 9.74. The van der Waals surface area contributed by atoms with Crippen LogP contribution >= 0.6 is 0 Å². The summed E-state index contributed by atoms with van der Waals surface area (Å²) in [4.78, 5) is 0. The van der Waals surface area contributed by atoms with Gasteiger partial charge in [0.05, 0.1) is 26.2 Å². The molecule has 4 rings (SSSR count). The van der Waals surface area contributed by atoms with Crippen LogP contribution < -0.4 is 17.0 Å². The maximum absolute atomic E-state index is 14.4. The fourth-order valence-corrected chi connectivity index (χ4v) is 6.05. The van der Waals surface area contributed by atoms with E-state index < -0.39 is 5.60 Å². The molecular weight excluding hydrogens is 448 g/mol. The van der Waals surface area contributed by atoms with Crippen molar-refractivity contribution in [1.29, 1.82) is 0 Å². The van der Waals surface area contributed by atoms with Gasteiger partial charge in [-0.3, -0.25) is 0 Å². The molecule has 2 aliphatic heterocycles. The van der Waals surface area contributed by atoms with Gasteiger partial charge in [0.25, 0.3) is 0 Å². The van der Waals surface area contributed by atoms with Crippen LogP contribution in [0.25, 0.3) is 0 Å². The van der Waals surface area contributed by atoms with E-state index in [-0.39, 0.29) is 28.6 Å². The fraction of sp³-hybridized carbons (Fsp3) is 0.520. The molecule has 2 fully saturated rings. The Morgan fingerprint density at radius 2 is 1.33 bits per heavy atom. The van der Waals surface area contributed by atoms with Gasteiger partial charge in [-0.15, -0.1) is 0 Å². The number of hydrogen-bond donors (Lipinski definition) is 1. The van der Waals surface area contributed by atoms with E-state index in [1.165, 1.54) is 25.0 Å². The molecule has 0 amide bonds. The lowest BCUT2D eigenvalue weighted by molar-refractivity contribution is -0.931. The Morgan fingerprint density at radius 1 is 0.900 bits per heavy atom. The molecule has 0 aromatic heterocycles. The maximum Gasteiger partial charge on any atom is 0.126 e. The fourth-order valence-electron chi connectivity index (χ4n) is 6.05. The summed E-state index contributed by atoms with van der Waals surface area (Å²) in [6.07, 6.45) is 5.05. The molecule has 2 saturated heterocycles. The molecule has 1 N–H and O–H groups in total. The number of piperidine rings is 1. The van der Waals surface area contributed by atoms with Crippen molar-refractivity contribution < 1.29 is 35.4 Å². The molecule has 0 unspecified atom stereocenters. The monoisotopic (exact) mass is 479 g/mol. The van der Waals surface area contributed by atoms with Crippen LogP contribution in [0.3, 0.4) is 0 Å². The predicted octanol–water partition coefficient (Wildman–Crippen LogP) is 2.23. The first-order valence-corrected chi connectivity index (χ1v) is 10.7. The highest BCUT2D eigenvalue weighted by Gasteiger charge is 2.50. The number of rotatable bonds is 4. The number of fused-ring (bicyclic) bond motifs is 2. The molecule has 2 aromatic carbocycles. The van der Waals surface area contributed by atoms with Gasteiger partial charge in [0.15, 0.2) is 0 Å². The van der Waals surface area contributed by atoms with Crippen molar-refractivity contribution in [3.63, 3.8) is 0 Å². The average Bonchev–Trinajstić information content (AvgIpc) is 2.83. The van der Waals surface area contributed by atoms with Crippen molar-refractivity contribution in [3.8, 4) is 0 Å². The minimum atomic E-state index is -1.41. The molecule has 2 nitrogen and oxygen atoms in total. The van der Waals surface area contributed by atoms with Crippen LogP contribution in [0.2, 0.25) is 0 Å². The molecule has 2 atom stereocenters. The average molecular weight is 480 g/mol. The van der Waals surface area contributed by atoms with Gasteiger partial charge in [0, 0.05) is 25.7 Å². The molecule has 0 aliphatic carbocycles. The molecule has 5 heteroatoms. The Balaban J connectivity index is 0.00000256. The van der Waals surface area contributed by atoms with Gasteiger partial charge in [-0.1, -0.05) is 24.3 Å². The van der Waals surface area contributed by atoms with Crippen LogP contribution in [0, 0.1) is 31.4 Å². The highest BCUT2D eigenvalue weighted by molar-refractivity contribution is 5.44. The Labute approximate surface area is 189 Å². The van der Waals surface area contributed by atoms with Crippen LogP contribution in [-0.2, 0) is 5.60 Å². The van der Waals surface area contributed by atoms with Crippen molar-refractivity contribution in [2.45, 2.75) is 63.6 Å². The molecule has 0 saturated carbocycles. The maximum atomic E-state index is 14.4. The van der Waals surface area contributed by atoms with E-state index in [1.807, 2.05) is 0 Å². The third-order valence-electron chi connectivity index (χ3n) is 7.94. The first-order chi connectivity index (χ1) is 13.6. The lowest BCUT2D eigenvalue weighted by Crippen LogP contribution is -3.00. The molecule has 0 spiro atoms. The smallest absolute Gasteiger partial charge is 0.126 e. The number of halogens is 3. The zero-order valence-corrected chi connectivity index (χ0v) is 19.8. The van der Waals surface area contributed by atoms with Crippen molar-refractivity contribution in [2.24, 2.45) is 5.92 Å². The van der Waals surface area contributed by atoms with Crippen LogP contribution in [-0.4, -0.2) is 35.8 Å². The summed E-state index contributed by atoms with van der Waals surface area (Å²) in [6, 6.07) is 10.9. The van der Waals surface area contributed by atoms with Crippen molar-refractivity contribution in [3.05, 3.63) is 70.3 Å². The normalized spacial score (nSPS) is 25.1. The first-order valence-electron chi connectivity index (χ1n) is 10.7. The van der Waals surface area contributed by atoms with Gasteiger partial charge >= 0.3 is 0 Å². The summed E-state index contributed by atoms with van der Waals surface area (Å²) in [5.41, 5.74) is 0.578. The van der Waals surface area contributed by atoms with E-state index in [9.17, 15) is 13.9 Å². The number of benzene rings is 2. The largest absolute Gasteiger partial charge is 1.00 e. The van der Waals surface area contributed by atoms with Gasteiger partial charge in [-0.05, 0) is 60.6 Å². The standard InChI is InChI=1S/C25H32F2NO.BrH/c1-16-21(7-5-9-23(16)26)25(29,22-8-6-10-24(27)17(22)2)15-18-13-19-11-12-20(14-18)28(19,3)4;/h5-10,18-20,29H,11-15H2,1-4H3;1H/q+1;/p-1/t19-,20-;/m0./s1. The summed E-state index contributed by atoms with van der Waals surface area (Å²) in [6.45, 7) is 3.41. The van der Waals surface area contributed by atoms with Gasteiger partial charge in [0.1, 0.15) is 17.2 Å². The lowest BCUT2D eigenvalue weighted by Gasteiger charge is -2.46. The minimum Gasteiger partial charge on any atom is -1.00 e. The molecule has 2 bridgehead atoms.